The van der Waals surface area contributed by atoms with Crippen LogP contribution >= 0.6 is 11.6 Å². The zero-order chi connectivity index (χ0) is 18.7. The minimum Gasteiger partial charge on any atom is -0.442 e. The van der Waals surface area contributed by atoms with Gasteiger partial charge in [0.05, 0.1) is 18.5 Å². The molecule has 0 aromatic heterocycles. The average molecular weight is 381 g/mol. The number of hydrogen-bond donors (Lipinski definition) is 1. The van der Waals surface area contributed by atoms with Gasteiger partial charge in [-0.1, -0.05) is 23.7 Å². The maximum Gasteiger partial charge on any atom is 0.407 e. The molecular formula is C19H25ClN2O4. The number of nitrogens with one attached hydrogen (secondary N) is 1. The van der Waals surface area contributed by atoms with E-state index in [0.717, 1.165) is 5.56 Å². The predicted molar refractivity (Wildman–Crippen MR) is 98.3 cm³/mol. The van der Waals surface area contributed by atoms with Crippen LogP contribution in [0, 0.1) is 0 Å². The molecule has 142 valence electrons. The van der Waals surface area contributed by atoms with E-state index in [1.807, 2.05) is 38.1 Å². The summed E-state index contributed by atoms with van der Waals surface area (Å²) in [5.41, 5.74) is 0.380. The number of amides is 2. The molecule has 7 heteroatoms. The summed E-state index contributed by atoms with van der Waals surface area (Å²) in [5, 5.41) is 3.34. The van der Waals surface area contributed by atoms with Crippen molar-refractivity contribution in [3.63, 3.8) is 0 Å². The van der Waals surface area contributed by atoms with Crippen LogP contribution in [0.1, 0.15) is 32.3 Å². The van der Waals surface area contributed by atoms with Crippen LogP contribution in [0.4, 0.5) is 4.79 Å². The van der Waals surface area contributed by atoms with Crippen molar-refractivity contribution in [3.05, 3.63) is 34.9 Å². The molecular weight excluding hydrogens is 356 g/mol. The number of rotatable bonds is 4. The lowest BCUT2D eigenvalue weighted by molar-refractivity contribution is -0.151. The lowest BCUT2D eigenvalue weighted by Crippen LogP contribution is -2.61. The molecule has 0 atom stereocenters. The van der Waals surface area contributed by atoms with Gasteiger partial charge in [-0.15, -0.1) is 0 Å². The molecule has 3 rings (SSSR count). The highest BCUT2D eigenvalue weighted by Crippen LogP contribution is 2.38. The summed E-state index contributed by atoms with van der Waals surface area (Å²) in [4.78, 5) is 26.7. The van der Waals surface area contributed by atoms with Crippen molar-refractivity contribution in [2.75, 3.05) is 26.3 Å². The van der Waals surface area contributed by atoms with E-state index in [0.29, 0.717) is 44.2 Å². The first-order valence-corrected chi connectivity index (χ1v) is 9.39. The van der Waals surface area contributed by atoms with Gasteiger partial charge in [0.2, 0.25) is 5.91 Å². The predicted octanol–water partition coefficient (Wildman–Crippen LogP) is 2.73. The third-order valence-electron chi connectivity index (χ3n) is 4.97. The van der Waals surface area contributed by atoms with E-state index in [1.54, 1.807) is 4.90 Å². The van der Waals surface area contributed by atoms with E-state index in [2.05, 4.69) is 5.32 Å². The Hall–Kier alpha value is -1.79. The summed E-state index contributed by atoms with van der Waals surface area (Å²) >= 11 is 6.01. The Morgan fingerprint density at radius 3 is 2.42 bits per heavy atom. The standard InChI is InChI=1S/C19H25ClN2O4/c1-13(2)21-18(24)26-16-11-22(12-16)17(23)19(7-9-25-10-8-19)14-3-5-15(20)6-4-14/h3-6,13,16H,7-12H2,1-2H3,(H,21,24). The molecule has 0 bridgehead atoms. The minimum absolute atomic E-state index is 0.0238. The Kier molecular flexibility index (Phi) is 5.73. The first-order valence-electron chi connectivity index (χ1n) is 9.01. The van der Waals surface area contributed by atoms with E-state index in [-0.39, 0.29) is 18.1 Å². The topological polar surface area (TPSA) is 67.9 Å². The molecule has 2 amide bonds. The molecule has 2 saturated heterocycles. The number of likely N-dealkylation sites (tertiary alicyclic amines) is 1. The first-order chi connectivity index (χ1) is 12.4. The van der Waals surface area contributed by atoms with Crippen LogP contribution in [0.15, 0.2) is 24.3 Å². The summed E-state index contributed by atoms with van der Waals surface area (Å²) in [6.45, 7) is 5.72. The third-order valence-corrected chi connectivity index (χ3v) is 5.22. The maximum absolute atomic E-state index is 13.3. The zero-order valence-electron chi connectivity index (χ0n) is 15.2. The van der Waals surface area contributed by atoms with Crippen molar-refractivity contribution in [2.45, 2.75) is 44.2 Å². The monoisotopic (exact) mass is 380 g/mol. The van der Waals surface area contributed by atoms with Gasteiger partial charge in [0.15, 0.2) is 0 Å². The van der Waals surface area contributed by atoms with E-state index in [4.69, 9.17) is 21.1 Å². The summed E-state index contributed by atoms with van der Waals surface area (Å²) in [5.74, 6) is 0.0761. The van der Waals surface area contributed by atoms with E-state index in [9.17, 15) is 9.59 Å². The molecule has 0 unspecified atom stereocenters. The SMILES string of the molecule is CC(C)NC(=O)OC1CN(C(=O)C2(c3ccc(Cl)cc3)CCOCC2)C1. The molecule has 0 spiro atoms. The highest BCUT2D eigenvalue weighted by Gasteiger charge is 2.47. The van der Waals surface area contributed by atoms with E-state index >= 15 is 0 Å². The number of ether oxygens (including phenoxy) is 2. The fourth-order valence-corrected chi connectivity index (χ4v) is 3.64. The zero-order valence-corrected chi connectivity index (χ0v) is 15.9. The molecule has 2 aliphatic heterocycles. The van der Waals surface area contributed by atoms with Gasteiger partial charge in [-0.25, -0.2) is 4.79 Å². The number of nitrogens with zero attached hydrogens (tertiary/aromatic N) is 1. The average Bonchev–Trinajstić information content (AvgIpc) is 2.58. The third kappa shape index (κ3) is 3.96. The van der Waals surface area contributed by atoms with E-state index < -0.39 is 11.5 Å². The molecule has 0 radical (unpaired) electrons. The minimum atomic E-state index is -0.589. The lowest BCUT2D eigenvalue weighted by Gasteiger charge is -2.46. The van der Waals surface area contributed by atoms with Gasteiger partial charge in [0, 0.05) is 24.3 Å². The summed E-state index contributed by atoms with van der Waals surface area (Å²) in [6, 6.07) is 7.51. The van der Waals surface area contributed by atoms with Gasteiger partial charge >= 0.3 is 6.09 Å². The Bertz CT molecular complexity index is 650. The van der Waals surface area contributed by atoms with Crippen LogP contribution in [0.2, 0.25) is 5.02 Å². The van der Waals surface area contributed by atoms with Crippen molar-refractivity contribution in [1.82, 2.24) is 10.2 Å². The maximum atomic E-state index is 13.3. The molecule has 1 N–H and O–H groups in total. The molecule has 2 aliphatic rings. The van der Waals surface area contributed by atoms with Gasteiger partial charge in [-0.2, -0.15) is 0 Å². The van der Waals surface area contributed by atoms with E-state index in [1.165, 1.54) is 0 Å². The quantitative estimate of drug-likeness (QED) is 0.872. The lowest BCUT2D eigenvalue weighted by atomic mass is 9.72. The van der Waals surface area contributed by atoms with Crippen molar-refractivity contribution >= 4 is 23.6 Å². The number of carbonyl (C=O) groups excluding carboxylic acids is 2. The molecule has 26 heavy (non-hydrogen) atoms. The molecule has 1 aromatic carbocycles. The second-order valence-electron chi connectivity index (χ2n) is 7.24. The number of hydrogen-bond acceptors (Lipinski definition) is 4. The second-order valence-corrected chi connectivity index (χ2v) is 7.67. The van der Waals surface area contributed by atoms with Gasteiger partial charge in [-0.05, 0) is 44.4 Å². The Labute approximate surface area is 158 Å². The molecule has 0 aliphatic carbocycles. The summed E-state index contributed by atoms with van der Waals surface area (Å²) in [6.07, 6.45) is 0.600. The van der Waals surface area contributed by atoms with Crippen LogP contribution in [-0.2, 0) is 19.7 Å². The second kappa shape index (κ2) is 7.84. The number of carbonyl (C=O) groups is 2. The smallest absolute Gasteiger partial charge is 0.407 e. The summed E-state index contributed by atoms with van der Waals surface area (Å²) < 4.78 is 10.8. The molecule has 6 nitrogen and oxygen atoms in total. The number of halogens is 1. The fourth-order valence-electron chi connectivity index (χ4n) is 3.52. The highest BCUT2D eigenvalue weighted by atomic mass is 35.5. The highest BCUT2D eigenvalue weighted by molar-refractivity contribution is 6.30. The number of benzene rings is 1. The Balaban J connectivity index is 1.66. The molecule has 2 fully saturated rings. The van der Waals surface area contributed by atoms with Crippen LogP contribution in [0.25, 0.3) is 0 Å². The van der Waals surface area contributed by atoms with Crippen LogP contribution in [0.3, 0.4) is 0 Å². The van der Waals surface area contributed by atoms with Crippen LogP contribution < -0.4 is 5.32 Å². The van der Waals surface area contributed by atoms with Gasteiger partial charge in [-0.3, -0.25) is 4.79 Å². The molecule has 1 aromatic rings. The normalized spacial score (nSPS) is 19.8. The first kappa shape index (κ1) is 19.0. The Morgan fingerprint density at radius 2 is 1.85 bits per heavy atom. The fraction of sp³-hybridized carbons (Fsp3) is 0.579. The van der Waals surface area contributed by atoms with Gasteiger partial charge in [0.25, 0.3) is 0 Å². The van der Waals surface area contributed by atoms with Gasteiger partial charge in [0.1, 0.15) is 6.10 Å². The van der Waals surface area contributed by atoms with Crippen LogP contribution in [0.5, 0.6) is 0 Å². The molecule has 2 heterocycles. The molecule has 0 saturated carbocycles. The van der Waals surface area contributed by atoms with Crippen molar-refractivity contribution < 1.29 is 19.1 Å². The summed E-state index contributed by atoms with van der Waals surface area (Å²) in [7, 11) is 0. The van der Waals surface area contributed by atoms with Crippen molar-refractivity contribution in [2.24, 2.45) is 0 Å². The number of alkyl carbamates (subject to hydrolysis) is 1. The van der Waals surface area contributed by atoms with Crippen LogP contribution in [-0.4, -0.2) is 55.3 Å². The largest absolute Gasteiger partial charge is 0.442 e. The van der Waals surface area contributed by atoms with Crippen molar-refractivity contribution in [1.29, 1.82) is 0 Å². The van der Waals surface area contributed by atoms with Gasteiger partial charge < -0.3 is 19.7 Å². The van der Waals surface area contributed by atoms with Crippen molar-refractivity contribution in [3.8, 4) is 0 Å². The Morgan fingerprint density at radius 1 is 1.23 bits per heavy atom.